The van der Waals surface area contributed by atoms with Crippen LogP contribution in [0.4, 0.5) is 0 Å². The van der Waals surface area contributed by atoms with Crippen molar-refractivity contribution >= 4 is 0 Å². The predicted molar refractivity (Wildman–Crippen MR) is 42.8 cm³/mol. The Morgan fingerprint density at radius 3 is 2.00 bits per heavy atom. The molecule has 0 atom stereocenters. The van der Waals surface area contributed by atoms with Gasteiger partial charge in [0.2, 0.25) is 0 Å². The van der Waals surface area contributed by atoms with Crippen LogP contribution in [0, 0.1) is 5.41 Å². The van der Waals surface area contributed by atoms with Gasteiger partial charge in [-0.05, 0) is 23.8 Å². The van der Waals surface area contributed by atoms with Gasteiger partial charge in [-0.1, -0.05) is 26.3 Å². The van der Waals surface area contributed by atoms with Crippen molar-refractivity contribution in [2.45, 2.75) is 33.6 Å². The van der Waals surface area contributed by atoms with Crippen LogP contribution < -0.4 is 0 Å². The van der Waals surface area contributed by atoms with Crippen molar-refractivity contribution in [2.75, 3.05) is 6.61 Å². The fourth-order valence-corrected chi connectivity index (χ4v) is 1.24. The van der Waals surface area contributed by atoms with E-state index in [0.29, 0.717) is 0 Å². The van der Waals surface area contributed by atoms with Crippen LogP contribution in [0.2, 0.25) is 0 Å². The highest BCUT2D eigenvalue weighted by molar-refractivity contribution is 5.29. The Kier molecular flexibility index (Phi) is 1.86. The van der Waals surface area contributed by atoms with Crippen LogP contribution in [0.5, 0.6) is 0 Å². The topological polar surface area (TPSA) is 20.2 Å². The van der Waals surface area contributed by atoms with Crippen molar-refractivity contribution in [3.63, 3.8) is 0 Å². The third-order valence-corrected chi connectivity index (χ3v) is 1.99. The van der Waals surface area contributed by atoms with Crippen LogP contribution in [0.3, 0.4) is 0 Å². The van der Waals surface area contributed by atoms with Gasteiger partial charge in [0.15, 0.2) is 0 Å². The second-order valence-electron chi connectivity index (χ2n) is 3.99. The van der Waals surface area contributed by atoms with Gasteiger partial charge in [0.25, 0.3) is 0 Å². The smallest absolute Gasteiger partial charge is 0.0649 e. The molecule has 0 aromatic rings. The van der Waals surface area contributed by atoms with E-state index in [2.05, 4.69) is 20.8 Å². The van der Waals surface area contributed by atoms with Gasteiger partial charge in [-0.3, -0.25) is 0 Å². The Bertz CT molecular complexity index is 154. The Hall–Kier alpha value is -0.300. The fourth-order valence-electron chi connectivity index (χ4n) is 1.24. The zero-order valence-electron chi connectivity index (χ0n) is 7.07. The zero-order chi connectivity index (χ0) is 7.78. The molecule has 0 amide bonds. The molecule has 1 rings (SSSR count). The van der Waals surface area contributed by atoms with Crippen molar-refractivity contribution in [1.82, 2.24) is 0 Å². The molecule has 1 aliphatic carbocycles. The molecule has 0 heterocycles. The molecule has 0 radical (unpaired) electrons. The summed E-state index contributed by atoms with van der Waals surface area (Å²) in [5, 5.41) is 9.01. The molecule has 1 aliphatic rings. The number of aliphatic hydroxyl groups is 1. The summed E-state index contributed by atoms with van der Waals surface area (Å²) in [6.07, 6.45) is 2.43. The number of hydrogen-bond acceptors (Lipinski definition) is 1. The summed E-state index contributed by atoms with van der Waals surface area (Å²) in [6.45, 7) is 6.72. The first-order valence-corrected chi connectivity index (χ1v) is 3.88. The SMILES string of the molecule is CC(C)(C)C(CO)=C1CC1. The van der Waals surface area contributed by atoms with Crippen molar-refractivity contribution in [1.29, 1.82) is 0 Å². The second-order valence-corrected chi connectivity index (χ2v) is 3.99. The van der Waals surface area contributed by atoms with Gasteiger partial charge in [-0.15, -0.1) is 0 Å². The maximum atomic E-state index is 9.01. The van der Waals surface area contributed by atoms with Gasteiger partial charge in [-0.25, -0.2) is 0 Å². The summed E-state index contributed by atoms with van der Waals surface area (Å²) in [7, 11) is 0. The molecule has 0 bridgehead atoms. The third kappa shape index (κ3) is 1.60. The van der Waals surface area contributed by atoms with Crippen LogP contribution in [-0.2, 0) is 0 Å². The van der Waals surface area contributed by atoms with Crippen molar-refractivity contribution < 1.29 is 5.11 Å². The molecule has 58 valence electrons. The van der Waals surface area contributed by atoms with Crippen LogP contribution in [0.25, 0.3) is 0 Å². The molecule has 0 unspecified atom stereocenters. The molecule has 0 aliphatic heterocycles. The summed E-state index contributed by atoms with van der Waals surface area (Å²) in [4.78, 5) is 0. The summed E-state index contributed by atoms with van der Waals surface area (Å²) in [6, 6.07) is 0. The quantitative estimate of drug-likeness (QED) is 0.553. The monoisotopic (exact) mass is 140 g/mol. The van der Waals surface area contributed by atoms with E-state index in [0.717, 1.165) is 0 Å². The van der Waals surface area contributed by atoms with Gasteiger partial charge >= 0.3 is 0 Å². The molecule has 0 spiro atoms. The standard InChI is InChI=1S/C9H16O/c1-9(2,3)8(6-10)7-4-5-7/h10H,4-6H2,1-3H3. The summed E-state index contributed by atoms with van der Waals surface area (Å²) in [5.41, 5.74) is 2.92. The van der Waals surface area contributed by atoms with E-state index in [9.17, 15) is 0 Å². The van der Waals surface area contributed by atoms with Crippen molar-refractivity contribution in [3.8, 4) is 0 Å². The minimum atomic E-state index is 0.181. The van der Waals surface area contributed by atoms with Gasteiger partial charge in [-0.2, -0.15) is 0 Å². The lowest BCUT2D eigenvalue weighted by Crippen LogP contribution is -2.12. The Morgan fingerprint density at radius 2 is 1.90 bits per heavy atom. The lowest BCUT2D eigenvalue weighted by molar-refractivity contribution is 0.295. The molecular formula is C9H16O. The molecule has 10 heavy (non-hydrogen) atoms. The van der Waals surface area contributed by atoms with Gasteiger partial charge < -0.3 is 5.11 Å². The molecule has 0 aromatic carbocycles. The van der Waals surface area contributed by atoms with Crippen LogP contribution >= 0.6 is 0 Å². The Labute approximate surface area is 62.8 Å². The van der Waals surface area contributed by atoms with Crippen molar-refractivity contribution in [3.05, 3.63) is 11.1 Å². The first kappa shape index (κ1) is 7.80. The fraction of sp³-hybridized carbons (Fsp3) is 0.778. The van der Waals surface area contributed by atoms with E-state index >= 15 is 0 Å². The van der Waals surface area contributed by atoms with E-state index in [1.807, 2.05) is 0 Å². The molecule has 1 fully saturated rings. The zero-order valence-corrected chi connectivity index (χ0v) is 7.07. The average Bonchev–Trinajstić information content (AvgIpc) is 2.46. The maximum Gasteiger partial charge on any atom is 0.0649 e. The van der Waals surface area contributed by atoms with Crippen LogP contribution in [-0.4, -0.2) is 11.7 Å². The average molecular weight is 140 g/mol. The van der Waals surface area contributed by atoms with Gasteiger partial charge in [0, 0.05) is 0 Å². The number of allylic oxidation sites excluding steroid dienone is 1. The largest absolute Gasteiger partial charge is 0.392 e. The van der Waals surface area contributed by atoms with Crippen molar-refractivity contribution in [2.24, 2.45) is 5.41 Å². The molecule has 0 saturated heterocycles. The first-order valence-electron chi connectivity index (χ1n) is 3.88. The molecule has 0 aromatic heterocycles. The lowest BCUT2D eigenvalue weighted by atomic mass is 9.86. The minimum Gasteiger partial charge on any atom is -0.392 e. The third-order valence-electron chi connectivity index (χ3n) is 1.99. The normalized spacial score (nSPS) is 17.4. The first-order chi connectivity index (χ1) is 4.55. The molecule has 1 heteroatoms. The van der Waals surface area contributed by atoms with E-state index < -0.39 is 0 Å². The summed E-state index contributed by atoms with van der Waals surface area (Å²) >= 11 is 0. The Morgan fingerprint density at radius 1 is 1.40 bits per heavy atom. The van der Waals surface area contributed by atoms with Crippen LogP contribution in [0.1, 0.15) is 33.6 Å². The maximum absolute atomic E-state index is 9.01. The van der Waals surface area contributed by atoms with E-state index in [-0.39, 0.29) is 12.0 Å². The number of rotatable bonds is 1. The van der Waals surface area contributed by atoms with E-state index in [1.165, 1.54) is 24.0 Å². The molecule has 1 saturated carbocycles. The minimum absolute atomic E-state index is 0.181. The highest BCUT2D eigenvalue weighted by Gasteiger charge is 2.25. The Balaban J connectivity index is 2.76. The summed E-state index contributed by atoms with van der Waals surface area (Å²) < 4.78 is 0. The van der Waals surface area contributed by atoms with Crippen LogP contribution in [0.15, 0.2) is 11.1 Å². The van der Waals surface area contributed by atoms with E-state index in [1.54, 1.807) is 0 Å². The van der Waals surface area contributed by atoms with E-state index in [4.69, 9.17) is 5.11 Å². The number of aliphatic hydroxyl groups excluding tert-OH is 1. The van der Waals surface area contributed by atoms with Gasteiger partial charge in [0.1, 0.15) is 0 Å². The number of hydrogen-bond donors (Lipinski definition) is 1. The molecule has 1 nitrogen and oxygen atoms in total. The lowest BCUT2D eigenvalue weighted by Gasteiger charge is -2.21. The second kappa shape index (κ2) is 2.39. The molecular weight excluding hydrogens is 124 g/mol. The summed E-state index contributed by atoms with van der Waals surface area (Å²) in [5.74, 6) is 0. The highest BCUT2D eigenvalue weighted by atomic mass is 16.3. The highest BCUT2D eigenvalue weighted by Crippen LogP contribution is 2.39. The van der Waals surface area contributed by atoms with Gasteiger partial charge in [0.05, 0.1) is 6.61 Å². The molecule has 1 N–H and O–H groups in total. The predicted octanol–water partition coefficient (Wildman–Crippen LogP) is 2.12.